The van der Waals surface area contributed by atoms with Crippen LogP contribution >= 0.6 is 0 Å². The van der Waals surface area contributed by atoms with E-state index in [9.17, 15) is 4.79 Å². The van der Waals surface area contributed by atoms with Crippen molar-refractivity contribution >= 4 is 5.91 Å². The minimum absolute atomic E-state index is 0.0915. The summed E-state index contributed by atoms with van der Waals surface area (Å²) in [6, 6.07) is 4.77. The number of rotatable bonds is 5. The molecule has 3 rings (SSSR count). The molecule has 1 aromatic rings. The van der Waals surface area contributed by atoms with Crippen molar-refractivity contribution in [3.63, 3.8) is 0 Å². The normalized spacial score (nSPS) is 28.6. The van der Waals surface area contributed by atoms with Crippen molar-refractivity contribution in [1.29, 1.82) is 0 Å². The van der Waals surface area contributed by atoms with Crippen molar-refractivity contribution in [3.8, 4) is 11.5 Å². The number of nitrogens with two attached hydrogens (primary N) is 1. The molecule has 1 unspecified atom stereocenters. The van der Waals surface area contributed by atoms with Gasteiger partial charge >= 0.3 is 0 Å². The van der Waals surface area contributed by atoms with Gasteiger partial charge in [-0.3, -0.25) is 4.79 Å². The summed E-state index contributed by atoms with van der Waals surface area (Å²) in [6.45, 7) is 4.55. The van der Waals surface area contributed by atoms with E-state index in [-0.39, 0.29) is 18.1 Å². The average Bonchev–Trinajstić information content (AvgIpc) is 2.93. The first-order chi connectivity index (χ1) is 11.4. The van der Waals surface area contributed by atoms with E-state index in [1.807, 2.05) is 26.0 Å². The van der Waals surface area contributed by atoms with Crippen LogP contribution in [0.5, 0.6) is 11.5 Å². The van der Waals surface area contributed by atoms with Crippen LogP contribution in [-0.2, 0) is 20.8 Å². The predicted octanol–water partition coefficient (Wildman–Crippen LogP) is 0.893. The molecule has 3 atom stereocenters. The van der Waals surface area contributed by atoms with Gasteiger partial charge in [0.1, 0.15) is 23.6 Å². The number of hydrogen-bond acceptors (Lipinski definition) is 6. The first kappa shape index (κ1) is 17.0. The topological polar surface area (TPSA) is 83.3 Å². The first-order valence-electron chi connectivity index (χ1n) is 7.95. The Morgan fingerprint density at radius 1 is 1.33 bits per heavy atom. The summed E-state index contributed by atoms with van der Waals surface area (Å²) in [5, 5.41) is 0. The van der Waals surface area contributed by atoms with Gasteiger partial charge in [-0.1, -0.05) is 0 Å². The minimum atomic E-state index is -0.646. The number of hydrogen-bond donors (Lipinski definition) is 1. The highest BCUT2D eigenvalue weighted by Crippen LogP contribution is 2.34. The van der Waals surface area contributed by atoms with E-state index in [1.165, 1.54) is 0 Å². The Hall–Kier alpha value is -1.83. The van der Waals surface area contributed by atoms with Gasteiger partial charge in [-0.05, 0) is 26.0 Å². The van der Waals surface area contributed by atoms with Crippen LogP contribution in [0.4, 0.5) is 0 Å². The summed E-state index contributed by atoms with van der Waals surface area (Å²) < 4.78 is 22.1. The molecule has 2 N–H and O–H groups in total. The van der Waals surface area contributed by atoms with Crippen LogP contribution in [0, 0.1) is 0 Å². The van der Waals surface area contributed by atoms with E-state index in [0.29, 0.717) is 24.7 Å². The number of β-lactam (4-membered cyclic amide) rings is 1. The predicted molar refractivity (Wildman–Crippen MR) is 86.8 cm³/mol. The van der Waals surface area contributed by atoms with Gasteiger partial charge in [0.05, 0.1) is 26.9 Å². The van der Waals surface area contributed by atoms with E-state index in [0.717, 1.165) is 5.56 Å². The Morgan fingerprint density at radius 2 is 2.08 bits per heavy atom. The molecule has 2 aliphatic heterocycles. The molecule has 132 valence electrons. The molecular formula is C17H24N2O5. The van der Waals surface area contributed by atoms with Crippen LogP contribution in [-0.4, -0.2) is 55.6 Å². The molecule has 0 spiro atoms. The van der Waals surface area contributed by atoms with E-state index >= 15 is 0 Å². The highest BCUT2D eigenvalue weighted by molar-refractivity contribution is 5.89. The van der Waals surface area contributed by atoms with E-state index in [1.54, 1.807) is 25.2 Å². The number of benzene rings is 1. The molecule has 0 bridgehead atoms. The van der Waals surface area contributed by atoms with Gasteiger partial charge in [0.15, 0.2) is 5.79 Å². The fourth-order valence-electron chi connectivity index (χ4n) is 3.26. The van der Waals surface area contributed by atoms with Crippen molar-refractivity contribution in [2.75, 3.05) is 20.8 Å². The Morgan fingerprint density at radius 3 is 2.67 bits per heavy atom. The lowest BCUT2D eigenvalue weighted by Gasteiger charge is -2.47. The number of nitrogens with zero attached hydrogens (tertiary/aromatic N) is 1. The summed E-state index contributed by atoms with van der Waals surface area (Å²) in [7, 11) is 3.19. The zero-order chi connectivity index (χ0) is 17.5. The lowest BCUT2D eigenvalue weighted by molar-refractivity contribution is -0.172. The van der Waals surface area contributed by atoms with Gasteiger partial charge in [0.25, 0.3) is 0 Å². The zero-order valence-electron chi connectivity index (χ0n) is 14.4. The van der Waals surface area contributed by atoms with Crippen LogP contribution in [0.15, 0.2) is 18.2 Å². The summed E-state index contributed by atoms with van der Waals surface area (Å²) >= 11 is 0. The van der Waals surface area contributed by atoms with Gasteiger partial charge in [-0.2, -0.15) is 0 Å². The van der Waals surface area contributed by atoms with Crippen molar-refractivity contribution in [1.82, 2.24) is 4.90 Å². The minimum Gasteiger partial charge on any atom is -0.497 e. The maximum Gasteiger partial charge on any atom is 0.242 e. The standard InChI is InChI=1S/C17H24N2O5/c1-17(2)23-9-13(24-17)15-14(18)16(20)19(15)8-10-5-6-11(21-3)7-12(10)22-4/h5-7,13-15H,8-9,18H2,1-4H3/t13?,14-,15+/m1/s1. The Balaban J connectivity index is 1.77. The Bertz CT molecular complexity index is 633. The van der Waals surface area contributed by atoms with Crippen molar-refractivity contribution in [2.45, 2.75) is 44.4 Å². The quantitative estimate of drug-likeness (QED) is 0.804. The zero-order valence-corrected chi connectivity index (χ0v) is 14.4. The second-order valence-electron chi connectivity index (χ2n) is 6.53. The maximum absolute atomic E-state index is 12.3. The molecule has 7 nitrogen and oxygen atoms in total. The van der Waals surface area contributed by atoms with Gasteiger partial charge in [0, 0.05) is 18.2 Å². The molecule has 1 amide bonds. The van der Waals surface area contributed by atoms with Gasteiger partial charge in [0.2, 0.25) is 5.91 Å². The molecule has 0 saturated carbocycles. The monoisotopic (exact) mass is 336 g/mol. The van der Waals surface area contributed by atoms with E-state index in [4.69, 9.17) is 24.7 Å². The summed E-state index contributed by atoms with van der Waals surface area (Å²) in [5.74, 6) is 0.636. The first-order valence-corrected chi connectivity index (χ1v) is 7.95. The van der Waals surface area contributed by atoms with Crippen LogP contribution in [0.2, 0.25) is 0 Å². The second-order valence-corrected chi connectivity index (χ2v) is 6.53. The van der Waals surface area contributed by atoms with Gasteiger partial charge < -0.3 is 29.6 Å². The van der Waals surface area contributed by atoms with Gasteiger partial charge in [-0.25, -0.2) is 0 Å². The van der Waals surface area contributed by atoms with Crippen LogP contribution in [0.1, 0.15) is 19.4 Å². The average molecular weight is 336 g/mol. The van der Waals surface area contributed by atoms with Crippen molar-refractivity contribution < 1.29 is 23.7 Å². The number of likely N-dealkylation sites (tertiary alicyclic amines) is 1. The molecule has 0 aliphatic carbocycles. The van der Waals surface area contributed by atoms with E-state index in [2.05, 4.69) is 0 Å². The number of amides is 1. The van der Waals surface area contributed by atoms with Crippen molar-refractivity contribution in [2.24, 2.45) is 5.73 Å². The third-order valence-corrected chi connectivity index (χ3v) is 4.54. The number of carbonyl (C=O) groups is 1. The largest absolute Gasteiger partial charge is 0.497 e. The molecule has 1 aromatic carbocycles. The molecule has 2 saturated heterocycles. The van der Waals surface area contributed by atoms with Crippen molar-refractivity contribution in [3.05, 3.63) is 23.8 Å². The fourth-order valence-corrected chi connectivity index (χ4v) is 3.26. The second kappa shape index (κ2) is 6.23. The SMILES string of the molecule is COc1ccc(CN2C(=O)[C@H](N)[C@@H]2C2COC(C)(C)O2)c(OC)c1. The third-order valence-electron chi connectivity index (χ3n) is 4.54. The molecule has 24 heavy (non-hydrogen) atoms. The molecule has 2 heterocycles. The molecule has 0 radical (unpaired) electrons. The Kier molecular flexibility index (Phi) is 4.42. The molecule has 2 fully saturated rings. The molecule has 2 aliphatic rings. The third kappa shape index (κ3) is 2.94. The Labute approximate surface area is 141 Å². The molecular weight excluding hydrogens is 312 g/mol. The highest BCUT2D eigenvalue weighted by atomic mass is 16.7. The lowest BCUT2D eigenvalue weighted by atomic mass is 9.90. The highest BCUT2D eigenvalue weighted by Gasteiger charge is 2.53. The lowest BCUT2D eigenvalue weighted by Crippen LogP contribution is -2.72. The summed E-state index contributed by atoms with van der Waals surface area (Å²) in [5.41, 5.74) is 6.91. The molecule has 7 heteroatoms. The number of methoxy groups -OCH3 is 2. The van der Waals surface area contributed by atoms with Crippen LogP contribution < -0.4 is 15.2 Å². The maximum atomic E-state index is 12.3. The number of carbonyl (C=O) groups excluding carboxylic acids is 1. The number of ether oxygens (including phenoxy) is 4. The van der Waals surface area contributed by atoms with Crippen LogP contribution in [0.25, 0.3) is 0 Å². The van der Waals surface area contributed by atoms with Crippen LogP contribution in [0.3, 0.4) is 0 Å². The summed E-state index contributed by atoms with van der Waals surface area (Å²) in [6.07, 6.45) is -0.225. The summed E-state index contributed by atoms with van der Waals surface area (Å²) in [4.78, 5) is 14.0. The fraction of sp³-hybridized carbons (Fsp3) is 0.588. The van der Waals surface area contributed by atoms with E-state index < -0.39 is 11.8 Å². The van der Waals surface area contributed by atoms with Gasteiger partial charge in [-0.15, -0.1) is 0 Å². The molecule has 0 aromatic heterocycles. The smallest absolute Gasteiger partial charge is 0.242 e.